The van der Waals surface area contributed by atoms with Gasteiger partial charge >= 0.3 is 6.18 Å². The maximum Gasteiger partial charge on any atom is 0.449 e. The Labute approximate surface area is 168 Å². The van der Waals surface area contributed by atoms with Crippen LogP contribution in [0.25, 0.3) is 10.8 Å². The molecule has 1 heterocycles. The van der Waals surface area contributed by atoms with Crippen molar-refractivity contribution in [2.45, 2.75) is 36.9 Å². The van der Waals surface area contributed by atoms with Crippen molar-refractivity contribution in [2.75, 3.05) is 6.61 Å². The van der Waals surface area contributed by atoms with Gasteiger partial charge in [-0.15, -0.1) is 0 Å². The highest BCUT2D eigenvalue weighted by molar-refractivity contribution is 6.07. The van der Waals surface area contributed by atoms with Crippen LogP contribution < -0.4 is 0 Å². The molecule has 0 amide bonds. The topological polar surface area (TPSA) is 116 Å². The molecule has 0 spiro atoms. The van der Waals surface area contributed by atoms with E-state index < -0.39 is 55.0 Å². The van der Waals surface area contributed by atoms with E-state index in [0.29, 0.717) is 5.39 Å². The van der Waals surface area contributed by atoms with Crippen molar-refractivity contribution >= 4 is 16.6 Å². The summed E-state index contributed by atoms with van der Waals surface area (Å²) in [6.07, 6.45) is -14.2. The van der Waals surface area contributed by atoms with E-state index in [-0.39, 0.29) is 11.6 Å². The molecule has 10 heteroatoms. The lowest BCUT2D eigenvalue weighted by molar-refractivity contribution is -0.302. The van der Waals surface area contributed by atoms with Gasteiger partial charge in [0.05, 0.1) is 6.61 Å². The highest BCUT2D eigenvalue weighted by Gasteiger charge is 2.47. The summed E-state index contributed by atoms with van der Waals surface area (Å²) >= 11 is 0. The number of aliphatic hydroxyl groups is 4. The second-order valence-electron chi connectivity index (χ2n) is 6.75. The Morgan fingerprint density at radius 1 is 1.03 bits per heavy atom. The molecule has 0 aliphatic carbocycles. The van der Waals surface area contributed by atoms with Crippen LogP contribution in [-0.2, 0) is 9.47 Å². The maximum absolute atomic E-state index is 13.4. The van der Waals surface area contributed by atoms with Gasteiger partial charge in [-0.25, -0.2) is 0 Å². The zero-order valence-electron chi connectivity index (χ0n) is 15.4. The number of hydrogen-bond acceptors (Lipinski definition) is 7. The molecule has 3 rings (SSSR count). The maximum atomic E-state index is 13.4. The molecule has 0 bridgehead atoms. The minimum absolute atomic E-state index is 0.0205. The molecule has 1 saturated heterocycles. The summed E-state index contributed by atoms with van der Waals surface area (Å²) in [6, 6.07) is 11.4. The third kappa shape index (κ3) is 4.63. The second-order valence-corrected chi connectivity index (χ2v) is 6.75. The first-order valence-electron chi connectivity index (χ1n) is 8.91. The molecule has 0 radical (unpaired) electrons. The Morgan fingerprint density at radius 2 is 1.70 bits per heavy atom. The number of hydrogen-bond donors (Lipinski definition) is 4. The van der Waals surface area contributed by atoms with E-state index in [1.807, 2.05) is 0 Å². The number of ether oxygens (including phenoxy) is 2. The summed E-state index contributed by atoms with van der Waals surface area (Å²) < 4.78 is 49.9. The first-order chi connectivity index (χ1) is 14.1. The number of alkyl halides is 3. The van der Waals surface area contributed by atoms with Crippen molar-refractivity contribution in [3.8, 4) is 0 Å². The molecular weight excluding hydrogens is 409 g/mol. The van der Waals surface area contributed by atoms with Crippen molar-refractivity contribution in [3.63, 3.8) is 0 Å². The van der Waals surface area contributed by atoms with Crippen LogP contribution in [0.15, 0.2) is 54.3 Å². The summed E-state index contributed by atoms with van der Waals surface area (Å²) in [6.45, 7) is -0.841. The lowest BCUT2D eigenvalue weighted by Crippen LogP contribution is -2.59. The average molecular weight is 428 g/mol. The normalized spacial score (nSPS) is 27.8. The molecule has 162 valence electrons. The van der Waals surface area contributed by atoms with E-state index in [4.69, 9.17) is 9.84 Å². The van der Waals surface area contributed by atoms with Gasteiger partial charge in [-0.2, -0.15) is 13.2 Å². The molecule has 7 nitrogen and oxygen atoms in total. The summed E-state index contributed by atoms with van der Waals surface area (Å²) in [5.41, 5.74) is -0.0205. The number of benzene rings is 2. The fraction of sp³-hybridized carbons (Fsp3) is 0.350. The highest BCUT2D eigenvalue weighted by Crippen LogP contribution is 2.32. The fourth-order valence-electron chi connectivity index (χ4n) is 3.02. The zero-order chi connectivity index (χ0) is 22.1. The van der Waals surface area contributed by atoms with Gasteiger partial charge in [-0.05, 0) is 16.8 Å². The van der Waals surface area contributed by atoms with E-state index >= 15 is 0 Å². The van der Waals surface area contributed by atoms with Gasteiger partial charge in [0, 0.05) is 11.6 Å². The van der Waals surface area contributed by atoms with E-state index in [0.717, 1.165) is 5.39 Å². The number of carbonyl (C=O) groups excluding carboxylic acids is 1. The Balaban J connectivity index is 1.88. The van der Waals surface area contributed by atoms with Crippen LogP contribution in [-0.4, -0.2) is 69.7 Å². The predicted molar refractivity (Wildman–Crippen MR) is 97.3 cm³/mol. The summed E-state index contributed by atoms with van der Waals surface area (Å²) in [7, 11) is 0. The standard InChI is InChI=1S/C20H19F3O7/c21-20(22,23)15(30-19-18(28)17(27)16(26)14(9-24)29-19)8-13(25)12-6-5-10-3-1-2-4-11(10)7-12/h1-8,14,16-19,24,26-28H,9H2/t14-,16+,17+,18-,19+/m1/s1. The van der Waals surface area contributed by atoms with Gasteiger partial charge in [0.1, 0.15) is 24.4 Å². The van der Waals surface area contributed by atoms with E-state index in [1.165, 1.54) is 12.1 Å². The van der Waals surface area contributed by atoms with Gasteiger partial charge in [-0.3, -0.25) is 4.79 Å². The van der Waals surface area contributed by atoms with Crippen molar-refractivity contribution < 1.29 is 47.9 Å². The number of aliphatic hydroxyl groups excluding tert-OH is 4. The van der Waals surface area contributed by atoms with Gasteiger partial charge in [0.25, 0.3) is 0 Å². The number of ketones is 1. The van der Waals surface area contributed by atoms with Crippen molar-refractivity contribution in [1.82, 2.24) is 0 Å². The Kier molecular flexibility index (Phi) is 6.44. The molecule has 1 fully saturated rings. The Bertz CT molecular complexity index is 941. The van der Waals surface area contributed by atoms with Gasteiger partial charge < -0.3 is 29.9 Å². The molecule has 5 atom stereocenters. The van der Waals surface area contributed by atoms with E-state index in [9.17, 15) is 33.3 Å². The first-order valence-corrected chi connectivity index (χ1v) is 8.91. The number of carbonyl (C=O) groups is 1. The van der Waals surface area contributed by atoms with Crippen LogP contribution in [0, 0.1) is 0 Å². The zero-order valence-corrected chi connectivity index (χ0v) is 15.4. The monoisotopic (exact) mass is 428 g/mol. The molecule has 2 aromatic carbocycles. The van der Waals surface area contributed by atoms with E-state index in [2.05, 4.69) is 4.74 Å². The van der Waals surface area contributed by atoms with Crippen molar-refractivity contribution in [2.24, 2.45) is 0 Å². The van der Waals surface area contributed by atoms with Gasteiger partial charge in [0.2, 0.25) is 12.0 Å². The van der Waals surface area contributed by atoms with Crippen LogP contribution in [0.4, 0.5) is 13.2 Å². The molecule has 1 aliphatic heterocycles. The number of halogens is 3. The summed E-state index contributed by atoms with van der Waals surface area (Å²) in [4.78, 5) is 12.4. The number of allylic oxidation sites excluding steroid dienone is 2. The molecule has 4 N–H and O–H groups in total. The van der Waals surface area contributed by atoms with Crippen LogP contribution in [0.1, 0.15) is 10.4 Å². The number of rotatable bonds is 5. The minimum Gasteiger partial charge on any atom is -0.457 e. The summed E-state index contributed by atoms with van der Waals surface area (Å²) in [5.74, 6) is -2.76. The summed E-state index contributed by atoms with van der Waals surface area (Å²) in [5, 5.41) is 39.9. The first kappa shape index (κ1) is 22.2. The van der Waals surface area contributed by atoms with Crippen molar-refractivity contribution in [3.05, 3.63) is 59.9 Å². The quantitative estimate of drug-likeness (QED) is 0.322. The predicted octanol–water partition coefficient (Wildman–Crippen LogP) is 1.29. The lowest BCUT2D eigenvalue weighted by Gasteiger charge is -2.39. The van der Waals surface area contributed by atoms with Crippen LogP contribution >= 0.6 is 0 Å². The van der Waals surface area contributed by atoms with E-state index in [1.54, 1.807) is 30.3 Å². The Hall–Kier alpha value is -2.50. The van der Waals surface area contributed by atoms with Crippen molar-refractivity contribution in [1.29, 1.82) is 0 Å². The fourth-order valence-corrected chi connectivity index (χ4v) is 3.02. The molecule has 30 heavy (non-hydrogen) atoms. The average Bonchev–Trinajstić information content (AvgIpc) is 2.72. The third-order valence-electron chi connectivity index (χ3n) is 4.67. The smallest absolute Gasteiger partial charge is 0.449 e. The van der Waals surface area contributed by atoms with Crippen LogP contribution in [0.2, 0.25) is 0 Å². The highest BCUT2D eigenvalue weighted by atomic mass is 19.4. The number of fused-ring (bicyclic) bond motifs is 1. The lowest BCUT2D eigenvalue weighted by atomic mass is 9.99. The van der Waals surface area contributed by atoms with Gasteiger partial charge in [0.15, 0.2) is 5.78 Å². The largest absolute Gasteiger partial charge is 0.457 e. The minimum atomic E-state index is -5.12. The molecular formula is C20H19F3O7. The Morgan fingerprint density at radius 3 is 2.33 bits per heavy atom. The molecule has 0 saturated carbocycles. The van der Waals surface area contributed by atoms with Gasteiger partial charge in [-0.1, -0.05) is 36.4 Å². The molecule has 0 unspecified atom stereocenters. The van der Waals surface area contributed by atoms with Crippen LogP contribution in [0.5, 0.6) is 0 Å². The molecule has 1 aliphatic rings. The SMILES string of the molecule is O=C(C=C(O[C@@H]1O[C@H](CO)[C@H](O)[C@H](O)[C@H]1O)C(F)(F)F)c1ccc2ccccc2c1. The second kappa shape index (κ2) is 8.70. The van der Waals surface area contributed by atoms with Crippen LogP contribution in [0.3, 0.4) is 0 Å². The molecule has 0 aromatic heterocycles. The third-order valence-corrected chi connectivity index (χ3v) is 4.67. The molecule has 2 aromatic rings.